The minimum Gasteiger partial charge on any atom is -0.497 e. The second-order valence-corrected chi connectivity index (χ2v) is 42.8. The number of nitrogens with zero attached hydrogens (tertiary/aromatic N) is 2. The van der Waals surface area contributed by atoms with Crippen molar-refractivity contribution < 1.29 is 85.0 Å². The number of alkyl carbamates (subject to hydrolysis) is 1. The number of benzene rings is 7. The molecule has 25 nitrogen and oxygen atoms in total. The number of carbonyl (C=O) groups is 7. The number of fused-ring (bicyclic) bond motifs is 3. The summed E-state index contributed by atoms with van der Waals surface area (Å²) in [5, 5.41) is 13.5. The average Bonchev–Trinajstić information content (AvgIpc) is 1.61. The Morgan fingerprint density at radius 3 is 1.39 bits per heavy atom. The van der Waals surface area contributed by atoms with Crippen LogP contribution in [0.5, 0.6) is 34.5 Å². The summed E-state index contributed by atoms with van der Waals surface area (Å²) in [4.78, 5) is 102. The summed E-state index contributed by atoms with van der Waals surface area (Å²) >= 11 is 0. The zero-order chi connectivity index (χ0) is 86.1. The van der Waals surface area contributed by atoms with Gasteiger partial charge in [0, 0.05) is 36.1 Å². The van der Waals surface area contributed by atoms with Crippen molar-refractivity contribution in [3.63, 3.8) is 0 Å². The highest BCUT2D eigenvalue weighted by Gasteiger charge is 2.43. The Kier molecular flexibility index (Phi) is 30.2. The molecule has 0 bridgehead atoms. The predicted molar refractivity (Wildman–Crippen MR) is 467 cm³/mol. The second kappa shape index (κ2) is 39.9. The van der Waals surface area contributed by atoms with Crippen molar-refractivity contribution in [2.45, 2.75) is 167 Å². The summed E-state index contributed by atoms with van der Waals surface area (Å²) in [6.45, 7) is 30.8. The lowest BCUT2D eigenvalue weighted by atomic mass is 9.98. The normalized spacial score (nSPS) is 15.1. The molecule has 0 unspecified atom stereocenters. The first-order valence-corrected chi connectivity index (χ1v) is 46.1. The van der Waals surface area contributed by atoms with E-state index in [-0.39, 0.29) is 114 Å². The molecule has 27 heteroatoms. The van der Waals surface area contributed by atoms with Gasteiger partial charge in [-0.3, -0.25) is 29.8 Å². The molecule has 2 heterocycles. The van der Waals surface area contributed by atoms with Crippen molar-refractivity contribution in [3.8, 4) is 45.6 Å². The minimum absolute atomic E-state index is 0.0276. The van der Waals surface area contributed by atoms with E-state index in [4.69, 9.17) is 51.5 Å². The molecule has 7 aromatic rings. The molecule has 0 radical (unpaired) electrons. The van der Waals surface area contributed by atoms with E-state index in [0.717, 1.165) is 44.5 Å². The first-order valence-electron chi connectivity index (χ1n) is 40.3. The number of hydrogen-bond acceptors (Lipinski definition) is 18. The summed E-state index contributed by atoms with van der Waals surface area (Å²) < 4.78 is 66.5. The van der Waals surface area contributed by atoms with Gasteiger partial charge in [-0.05, 0) is 180 Å². The molecule has 10 rings (SSSR count). The summed E-state index contributed by atoms with van der Waals surface area (Å²) in [5.74, 6) is -0.182. The van der Waals surface area contributed by atoms with E-state index in [2.05, 4.69) is 113 Å². The Labute approximate surface area is 701 Å². The largest absolute Gasteiger partial charge is 0.497 e. The summed E-state index contributed by atoms with van der Waals surface area (Å²) in [5.41, 5.74) is 9.24. The van der Waals surface area contributed by atoms with Crippen molar-refractivity contribution in [1.29, 1.82) is 0 Å². The maximum absolute atomic E-state index is 15.5. The van der Waals surface area contributed by atoms with Gasteiger partial charge < -0.3 is 77.2 Å². The van der Waals surface area contributed by atoms with Crippen molar-refractivity contribution in [2.75, 3.05) is 84.0 Å². The van der Waals surface area contributed by atoms with Crippen LogP contribution in [0, 0.1) is 5.92 Å². The number of nitrogens with one attached hydrogen (secondary N) is 5. The fourth-order valence-electron chi connectivity index (χ4n) is 13.6. The minimum atomic E-state index is -2.34. The number of methoxy groups -OCH3 is 4. The number of hydrogen-bond donors (Lipinski definition) is 5. The Morgan fingerprint density at radius 1 is 0.504 bits per heavy atom. The molecule has 119 heavy (non-hydrogen) atoms. The molecule has 7 amide bonds. The number of anilines is 3. The number of carbonyl (C=O) groups excluding carboxylic acids is 7. The summed E-state index contributed by atoms with van der Waals surface area (Å²) in [6.07, 6.45) is 5.20. The molecule has 1 aliphatic carbocycles. The number of unbranched alkanes of at least 4 members (excludes halogenated alkanes) is 2. The van der Waals surface area contributed by atoms with Crippen LogP contribution in [-0.4, -0.2) is 161 Å². The van der Waals surface area contributed by atoms with Crippen LogP contribution >= 0.6 is 0 Å². The lowest BCUT2D eigenvalue weighted by Crippen LogP contribution is -2.53. The molecule has 0 saturated heterocycles. The van der Waals surface area contributed by atoms with Gasteiger partial charge in [0.2, 0.25) is 11.8 Å². The van der Waals surface area contributed by atoms with Crippen molar-refractivity contribution in [3.05, 3.63) is 210 Å². The van der Waals surface area contributed by atoms with Gasteiger partial charge in [0.05, 0.1) is 89.5 Å². The van der Waals surface area contributed by atoms with Crippen LogP contribution in [0.25, 0.3) is 22.3 Å². The summed E-state index contributed by atoms with van der Waals surface area (Å²) in [7, 11) is 1.52. The van der Waals surface area contributed by atoms with Gasteiger partial charge in [0.15, 0.2) is 39.6 Å². The van der Waals surface area contributed by atoms with Crippen LogP contribution < -0.4 is 55.0 Å². The topological polar surface area (TPSA) is 288 Å². The molecule has 0 aromatic heterocycles. The number of ether oxygens (including phenoxy) is 9. The van der Waals surface area contributed by atoms with Crippen molar-refractivity contribution in [2.24, 2.45) is 5.92 Å². The molecule has 4 atom stereocenters. The SMILES string of the molecule is C=CCOC(=O)N[C@H](C(=O)N[C@@H](C)C(=O)Nc1ccc(COC(=O)Nc2cc(OCCCCCOc3cc(NC(=O)OCC4c5ccccc5-c5ccccc54)c(C(=O)N4C=C(c5ccc(OC)cc5)C[C@H]4CO[Si](C)(C)C(C)(C)C)cc3OC)c(OC)cc2C(=O)N2C=C(c3ccc(OC)cc3)C[C@H]2CO[Si](C)(C)C(C)(C)C)cc1)C(C)C. The van der Waals surface area contributed by atoms with Gasteiger partial charge in [-0.2, -0.15) is 0 Å². The van der Waals surface area contributed by atoms with Gasteiger partial charge in [-0.1, -0.05) is 153 Å². The van der Waals surface area contributed by atoms with E-state index in [9.17, 15) is 24.0 Å². The molecule has 634 valence electrons. The smallest absolute Gasteiger partial charge is 0.411 e. The zero-order valence-corrected chi connectivity index (χ0v) is 73.5. The third-order valence-corrected chi connectivity index (χ3v) is 31.7. The third-order valence-electron chi connectivity index (χ3n) is 22.7. The maximum Gasteiger partial charge on any atom is 0.411 e. The Hall–Kier alpha value is -11.4. The van der Waals surface area contributed by atoms with Gasteiger partial charge in [0.25, 0.3) is 11.8 Å². The molecule has 3 aliphatic rings. The number of rotatable bonds is 36. The molecule has 2 aliphatic heterocycles. The molecular formula is C92H115N7O18Si2. The zero-order valence-electron chi connectivity index (χ0n) is 71.5. The van der Waals surface area contributed by atoms with E-state index in [1.54, 1.807) is 86.4 Å². The predicted octanol–water partition coefficient (Wildman–Crippen LogP) is 18.4. The van der Waals surface area contributed by atoms with Gasteiger partial charge in [-0.25, -0.2) is 14.4 Å². The highest BCUT2D eigenvalue weighted by atomic mass is 28.4. The number of amides is 7. The molecular weight excluding hydrogens is 1550 g/mol. The van der Waals surface area contributed by atoms with Gasteiger partial charge in [0.1, 0.15) is 43.4 Å². The first-order chi connectivity index (χ1) is 56.6. The van der Waals surface area contributed by atoms with Crippen LogP contribution in [0.4, 0.5) is 31.4 Å². The average molecular weight is 1660 g/mol. The lowest BCUT2D eigenvalue weighted by Gasteiger charge is -2.38. The molecule has 0 fully saturated rings. The third kappa shape index (κ3) is 22.7. The van der Waals surface area contributed by atoms with Crippen molar-refractivity contribution >= 4 is 86.8 Å². The van der Waals surface area contributed by atoms with Gasteiger partial charge in [-0.15, -0.1) is 0 Å². The quantitative estimate of drug-likeness (QED) is 0.0106. The molecule has 0 spiro atoms. The van der Waals surface area contributed by atoms with Crippen LogP contribution in [0.2, 0.25) is 36.3 Å². The van der Waals surface area contributed by atoms with E-state index in [1.807, 2.05) is 97.3 Å². The second-order valence-electron chi connectivity index (χ2n) is 33.2. The van der Waals surface area contributed by atoms with Crippen LogP contribution in [0.3, 0.4) is 0 Å². The highest BCUT2D eigenvalue weighted by Crippen LogP contribution is 2.47. The molecule has 5 N–H and O–H groups in total. The Balaban J connectivity index is 0.864. The van der Waals surface area contributed by atoms with Gasteiger partial charge >= 0.3 is 18.3 Å². The fourth-order valence-corrected chi connectivity index (χ4v) is 15.6. The summed E-state index contributed by atoms with van der Waals surface area (Å²) in [6, 6.07) is 41.5. The lowest BCUT2D eigenvalue weighted by molar-refractivity contribution is -0.128. The van der Waals surface area contributed by atoms with E-state index >= 15 is 9.59 Å². The maximum atomic E-state index is 15.5. The van der Waals surface area contributed by atoms with E-state index in [1.165, 1.54) is 27.2 Å². The fraction of sp³-hybridized carbons (Fsp3) is 0.402. The standard InChI is InChI=1S/C92H115N7O18Si2/c1-19-43-113-90(106)97-83(58(2)3)85(101)93-59(4)84(100)94-65-37-31-60(32-38-65)54-114-88(104)95-77-50-81(79(109-13)48-74(77)86(102)98-52-63(61-33-39-68(107-11)40-34-61)46-66(98)55-116-118(15,16)91(5,6)7)111-44-25-20-26-45-112-82-51-78(96-89(105)115-57-76-72-29-23-21-27-70(72)71-28-22-24-30-73(71)76)75(49-80(82)110-14)87(103)99-53-64(62-35-41-69(108-12)42-36-62)47-67(99)56-117-119(17,18)92(8,9)10/h19,21-24,27-42,48-53,58-59,66-67,76,83H,1,20,25-26,43-47,54-57H2,2-18H3,(H,93,101)(H,94,100)(H,95,104)(H,96,105)(H,97,106)/t59-,66-,67-,83-/m0/s1. The molecule has 7 aromatic carbocycles. The Morgan fingerprint density at radius 2 is 0.958 bits per heavy atom. The van der Waals surface area contributed by atoms with Crippen LogP contribution in [0.1, 0.15) is 149 Å². The van der Waals surface area contributed by atoms with E-state index < -0.39 is 82.7 Å². The van der Waals surface area contributed by atoms with E-state index in [0.29, 0.717) is 54.9 Å². The van der Waals surface area contributed by atoms with Crippen LogP contribution in [-0.2, 0) is 39.3 Å². The molecule has 0 saturated carbocycles. The van der Waals surface area contributed by atoms with Crippen molar-refractivity contribution in [1.82, 2.24) is 20.4 Å². The highest BCUT2D eigenvalue weighted by molar-refractivity contribution is 6.74. The van der Waals surface area contributed by atoms with Crippen LogP contribution in [0.15, 0.2) is 171 Å². The Bertz CT molecular complexity index is 4800. The first kappa shape index (κ1) is 89.9. The monoisotopic (exact) mass is 1660 g/mol.